The molecule has 21 heavy (non-hydrogen) atoms. The molecule has 5 nitrogen and oxygen atoms in total. The van der Waals surface area contributed by atoms with Gasteiger partial charge in [0.05, 0.1) is 34.1 Å². The monoisotopic (exact) mass is 347 g/mol. The first-order chi connectivity index (χ1) is 10.2. The average Bonchev–Trinajstić information content (AvgIpc) is 3.06. The smallest absolute Gasteiger partial charge is 0.0796 e. The van der Waals surface area contributed by atoms with E-state index in [1.165, 1.54) is 0 Å². The molecule has 0 bridgehead atoms. The SMILES string of the molecule is CCCNC(c1cnn2ccccc12)c1c(Br)cnn1C. The lowest BCUT2D eigenvalue weighted by molar-refractivity contribution is 0.554. The third-order valence-electron chi connectivity index (χ3n) is 3.58. The number of pyridine rings is 1. The fourth-order valence-corrected chi connectivity index (χ4v) is 3.14. The van der Waals surface area contributed by atoms with E-state index >= 15 is 0 Å². The predicted molar refractivity (Wildman–Crippen MR) is 86.2 cm³/mol. The summed E-state index contributed by atoms with van der Waals surface area (Å²) < 4.78 is 4.82. The van der Waals surface area contributed by atoms with Crippen LogP contribution in [0.25, 0.3) is 5.52 Å². The second-order valence-electron chi connectivity index (χ2n) is 5.02. The van der Waals surface area contributed by atoms with Gasteiger partial charge in [0.25, 0.3) is 0 Å². The van der Waals surface area contributed by atoms with Crippen LogP contribution in [0.15, 0.2) is 41.3 Å². The van der Waals surface area contributed by atoms with Crippen molar-refractivity contribution in [2.45, 2.75) is 19.4 Å². The third-order valence-corrected chi connectivity index (χ3v) is 4.19. The molecule has 3 rings (SSSR count). The summed E-state index contributed by atoms with van der Waals surface area (Å²) in [5.41, 5.74) is 3.38. The lowest BCUT2D eigenvalue weighted by Crippen LogP contribution is -2.25. The van der Waals surface area contributed by atoms with Gasteiger partial charge >= 0.3 is 0 Å². The van der Waals surface area contributed by atoms with Gasteiger partial charge in [0, 0.05) is 18.8 Å². The minimum Gasteiger partial charge on any atom is -0.305 e. The maximum atomic E-state index is 4.45. The first-order valence-electron chi connectivity index (χ1n) is 7.05. The lowest BCUT2D eigenvalue weighted by Gasteiger charge is -2.19. The highest BCUT2D eigenvalue weighted by Crippen LogP contribution is 2.30. The molecule has 0 radical (unpaired) electrons. The van der Waals surface area contributed by atoms with Crippen molar-refractivity contribution in [2.24, 2.45) is 7.05 Å². The van der Waals surface area contributed by atoms with Crippen molar-refractivity contribution in [3.63, 3.8) is 0 Å². The van der Waals surface area contributed by atoms with Crippen LogP contribution < -0.4 is 5.32 Å². The Labute approximate surface area is 132 Å². The van der Waals surface area contributed by atoms with Crippen molar-refractivity contribution in [3.05, 3.63) is 52.5 Å². The number of hydrogen-bond acceptors (Lipinski definition) is 3. The van der Waals surface area contributed by atoms with E-state index in [1.54, 1.807) is 0 Å². The summed E-state index contributed by atoms with van der Waals surface area (Å²) in [5.74, 6) is 0. The van der Waals surface area contributed by atoms with Gasteiger partial charge in [-0.25, -0.2) is 4.52 Å². The molecule has 3 aromatic rings. The zero-order chi connectivity index (χ0) is 14.8. The molecule has 0 saturated carbocycles. The summed E-state index contributed by atoms with van der Waals surface area (Å²) in [6.07, 6.45) is 6.81. The Morgan fingerprint density at radius 1 is 1.29 bits per heavy atom. The van der Waals surface area contributed by atoms with Gasteiger partial charge in [-0.1, -0.05) is 13.0 Å². The van der Waals surface area contributed by atoms with Crippen LogP contribution >= 0.6 is 15.9 Å². The molecule has 0 aliphatic carbocycles. The van der Waals surface area contributed by atoms with E-state index in [2.05, 4.69) is 44.4 Å². The molecular formula is C15H18BrN5. The van der Waals surface area contributed by atoms with Crippen LogP contribution in [0.1, 0.15) is 30.6 Å². The first-order valence-corrected chi connectivity index (χ1v) is 7.84. The molecule has 3 aromatic heterocycles. The van der Waals surface area contributed by atoms with Crippen molar-refractivity contribution in [3.8, 4) is 0 Å². The van der Waals surface area contributed by atoms with Crippen LogP contribution in [0, 0.1) is 0 Å². The second kappa shape index (κ2) is 5.99. The maximum Gasteiger partial charge on any atom is 0.0796 e. The molecular weight excluding hydrogens is 330 g/mol. The van der Waals surface area contributed by atoms with Gasteiger partial charge in [-0.3, -0.25) is 4.68 Å². The molecule has 1 N–H and O–H groups in total. The van der Waals surface area contributed by atoms with Crippen LogP contribution in [0.5, 0.6) is 0 Å². The normalized spacial score (nSPS) is 12.9. The van der Waals surface area contributed by atoms with Gasteiger partial charge in [0.15, 0.2) is 0 Å². The number of nitrogens with zero attached hydrogens (tertiary/aromatic N) is 4. The Balaban J connectivity index is 2.11. The van der Waals surface area contributed by atoms with E-state index in [4.69, 9.17) is 0 Å². The minimum absolute atomic E-state index is 0.0618. The van der Waals surface area contributed by atoms with Crippen LogP contribution in [0.3, 0.4) is 0 Å². The topological polar surface area (TPSA) is 47.1 Å². The van der Waals surface area contributed by atoms with E-state index in [9.17, 15) is 0 Å². The minimum atomic E-state index is 0.0618. The molecule has 0 aliphatic heterocycles. The van der Waals surface area contributed by atoms with Crippen LogP contribution in [0.2, 0.25) is 0 Å². The number of halogens is 1. The number of aromatic nitrogens is 4. The number of fused-ring (bicyclic) bond motifs is 1. The van der Waals surface area contributed by atoms with Gasteiger partial charge in [-0.2, -0.15) is 10.2 Å². The number of rotatable bonds is 5. The summed E-state index contributed by atoms with van der Waals surface area (Å²) >= 11 is 3.61. The van der Waals surface area contributed by atoms with Gasteiger partial charge < -0.3 is 5.32 Å². The molecule has 6 heteroatoms. The highest BCUT2D eigenvalue weighted by molar-refractivity contribution is 9.10. The second-order valence-corrected chi connectivity index (χ2v) is 5.87. The van der Waals surface area contributed by atoms with Crippen molar-refractivity contribution >= 4 is 21.4 Å². The number of hydrogen-bond donors (Lipinski definition) is 1. The Kier molecular flexibility index (Phi) is 4.07. The Hall–Kier alpha value is -1.66. The number of aryl methyl sites for hydroxylation is 1. The summed E-state index contributed by atoms with van der Waals surface area (Å²) in [6.45, 7) is 3.10. The third kappa shape index (κ3) is 2.61. The van der Waals surface area contributed by atoms with Gasteiger partial charge in [-0.15, -0.1) is 0 Å². The summed E-state index contributed by atoms with van der Waals surface area (Å²) in [5, 5.41) is 12.4. The van der Waals surface area contributed by atoms with E-state index in [0.29, 0.717) is 0 Å². The Morgan fingerprint density at radius 2 is 2.14 bits per heavy atom. The first kappa shape index (κ1) is 14.3. The molecule has 0 aliphatic rings. The van der Waals surface area contributed by atoms with Crippen molar-refractivity contribution in [1.82, 2.24) is 24.7 Å². The predicted octanol–water partition coefficient (Wildman–Crippen LogP) is 2.92. The highest BCUT2D eigenvalue weighted by atomic mass is 79.9. The van der Waals surface area contributed by atoms with Crippen LogP contribution in [0.4, 0.5) is 0 Å². The maximum absolute atomic E-state index is 4.45. The average molecular weight is 348 g/mol. The molecule has 0 spiro atoms. The van der Waals surface area contributed by atoms with E-state index in [-0.39, 0.29) is 6.04 Å². The van der Waals surface area contributed by atoms with Crippen molar-refractivity contribution in [2.75, 3.05) is 6.54 Å². The standard InChI is InChI=1S/C15H18BrN5/c1-3-7-17-14(15-12(16)10-18-20(15)2)11-9-19-21-8-5-4-6-13(11)21/h4-6,8-10,14,17H,3,7H2,1-2H3. The molecule has 1 atom stereocenters. The van der Waals surface area contributed by atoms with E-state index in [1.807, 2.05) is 47.0 Å². The molecule has 0 aromatic carbocycles. The Morgan fingerprint density at radius 3 is 2.86 bits per heavy atom. The fourth-order valence-electron chi connectivity index (χ4n) is 2.56. The number of nitrogens with one attached hydrogen (secondary N) is 1. The van der Waals surface area contributed by atoms with Crippen molar-refractivity contribution < 1.29 is 0 Å². The van der Waals surface area contributed by atoms with Crippen LogP contribution in [-0.4, -0.2) is 25.9 Å². The molecule has 0 fully saturated rings. The quantitative estimate of drug-likeness (QED) is 0.771. The molecule has 0 saturated heterocycles. The fraction of sp³-hybridized carbons (Fsp3) is 0.333. The molecule has 110 valence electrons. The zero-order valence-electron chi connectivity index (χ0n) is 12.1. The lowest BCUT2D eigenvalue weighted by atomic mass is 10.1. The summed E-state index contributed by atoms with van der Waals surface area (Å²) in [7, 11) is 1.96. The largest absolute Gasteiger partial charge is 0.305 e. The highest BCUT2D eigenvalue weighted by Gasteiger charge is 2.23. The van der Waals surface area contributed by atoms with Gasteiger partial charge in [-0.05, 0) is 41.0 Å². The van der Waals surface area contributed by atoms with Crippen molar-refractivity contribution in [1.29, 1.82) is 0 Å². The summed E-state index contributed by atoms with van der Waals surface area (Å²) in [4.78, 5) is 0. The zero-order valence-corrected chi connectivity index (χ0v) is 13.7. The molecule has 3 heterocycles. The molecule has 0 amide bonds. The molecule has 1 unspecified atom stereocenters. The van der Waals surface area contributed by atoms with E-state index < -0.39 is 0 Å². The van der Waals surface area contributed by atoms with Gasteiger partial charge in [0.2, 0.25) is 0 Å². The Bertz CT molecular complexity index is 726. The van der Waals surface area contributed by atoms with E-state index in [0.717, 1.165) is 34.2 Å². The van der Waals surface area contributed by atoms with Gasteiger partial charge in [0.1, 0.15) is 0 Å². The summed E-state index contributed by atoms with van der Waals surface area (Å²) in [6, 6.07) is 6.17. The van der Waals surface area contributed by atoms with Crippen LogP contribution in [-0.2, 0) is 7.05 Å².